The molecule has 0 aromatic heterocycles. The fourth-order valence-electron chi connectivity index (χ4n) is 2.41. The van der Waals surface area contributed by atoms with Crippen molar-refractivity contribution in [1.82, 2.24) is 4.90 Å². The van der Waals surface area contributed by atoms with E-state index >= 15 is 0 Å². The van der Waals surface area contributed by atoms with Gasteiger partial charge in [0.15, 0.2) is 0 Å². The first-order valence-corrected chi connectivity index (χ1v) is 6.16. The molecule has 2 aliphatic rings. The molecular formula is C15H21N. The number of nitrogens with zero attached hydrogens (tertiary/aromatic N) is 1. The third-order valence-electron chi connectivity index (χ3n) is 3.46. The maximum atomic E-state index is 4.22. The van der Waals surface area contributed by atoms with E-state index < -0.39 is 0 Å². The van der Waals surface area contributed by atoms with Crippen LogP contribution in [0.4, 0.5) is 0 Å². The number of rotatable bonds is 2. The smallest absolute Gasteiger partial charge is 0.0473 e. The van der Waals surface area contributed by atoms with Gasteiger partial charge in [-0.05, 0) is 49.3 Å². The Morgan fingerprint density at radius 1 is 1.38 bits per heavy atom. The van der Waals surface area contributed by atoms with Crippen LogP contribution >= 0.6 is 0 Å². The monoisotopic (exact) mass is 215 g/mol. The summed E-state index contributed by atoms with van der Waals surface area (Å²) in [6.07, 6.45) is 10.3. The highest BCUT2D eigenvalue weighted by molar-refractivity contribution is 5.44. The number of allylic oxidation sites excluding steroid dienone is 5. The average molecular weight is 215 g/mol. The predicted molar refractivity (Wildman–Crippen MR) is 69.6 cm³/mol. The van der Waals surface area contributed by atoms with Crippen LogP contribution in [0.2, 0.25) is 0 Å². The fraction of sp³-hybridized carbons (Fsp3) is 0.467. The summed E-state index contributed by atoms with van der Waals surface area (Å²) in [5.41, 5.74) is 5.59. The molecule has 0 bridgehead atoms. The maximum absolute atomic E-state index is 4.22. The Kier molecular flexibility index (Phi) is 3.04. The molecule has 0 amide bonds. The molecule has 0 saturated heterocycles. The van der Waals surface area contributed by atoms with Gasteiger partial charge < -0.3 is 4.90 Å². The van der Waals surface area contributed by atoms with E-state index in [1.807, 2.05) is 0 Å². The molecule has 0 unspecified atom stereocenters. The van der Waals surface area contributed by atoms with Gasteiger partial charge in [-0.1, -0.05) is 26.5 Å². The summed E-state index contributed by atoms with van der Waals surface area (Å²) in [5, 5.41) is 0. The zero-order chi connectivity index (χ0) is 11.7. The SMILES string of the molecule is C=C(C(C)C)N1C=CC=C2CCCC(C)=C21. The van der Waals surface area contributed by atoms with Crippen LogP contribution in [0, 0.1) is 5.92 Å². The molecule has 1 aliphatic carbocycles. The van der Waals surface area contributed by atoms with Crippen molar-refractivity contribution in [3.63, 3.8) is 0 Å². The van der Waals surface area contributed by atoms with E-state index in [4.69, 9.17) is 0 Å². The topological polar surface area (TPSA) is 3.24 Å². The minimum Gasteiger partial charge on any atom is -0.321 e. The molecule has 1 heterocycles. The molecule has 2 rings (SSSR count). The first-order valence-electron chi connectivity index (χ1n) is 6.16. The van der Waals surface area contributed by atoms with Crippen LogP contribution in [0.25, 0.3) is 0 Å². The second kappa shape index (κ2) is 4.32. The Morgan fingerprint density at radius 3 is 2.81 bits per heavy atom. The second-order valence-electron chi connectivity index (χ2n) is 5.03. The van der Waals surface area contributed by atoms with E-state index in [-0.39, 0.29) is 0 Å². The van der Waals surface area contributed by atoms with Crippen LogP contribution < -0.4 is 0 Å². The summed E-state index contributed by atoms with van der Waals surface area (Å²) < 4.78 is 0. The Labute approximate surface area is 98.8 Å². The molecule has 0 spiro atoms. The van der Waals surface area contributed by atoms with Gasteiger partial charge in [-0.15, -0.1) is 0 Å². The lowest BCUT2D eigenvalue weighted by molar-refractivity contribution is 0.478. The predicted octanol–water partition coefficient (Wildman–Crippen LogP) is 4.37. The van der Waals surface area contributed by atoms with Crippen LogP contribution in [0.5, 0.6) is 0 Å². The number of fused-ring (bicyclic) bond motifs is 1. The van der Waals surface area contributed by atoms with Crippen molar-refractivity contribution in [3.8, 4) is 0 Å². The van der Waals surface area contributed by atoms with Crippen molar-refractivity contribution in [2.75, 3.05) is 0 Å². The molecule has 1 aliphatic heterocycles. The van der Waals surface area contributed by atoms with E-state index in [1.165, 1.54) is 41.8 Å². The van der Waals surface area contributed by atoms with Crippen molar-refractivity contribution < 1.29 is 0 Å². The van der Waals surface area contributed by atoms with Crippen molar-refractivity contribution >= 4 is 0 Å². The highest BCUT2D eigenvalue weighted by Crippen LogP contribution is 2.37. The van der Waals surface area contributed by atoms with Crippen molar-refractivity contribution in [2.24, 2.45) is 5.92 Å². The van der Waals surface area contributed by atoms with Crippen LogP contribution in [-0.2, 0) is 0 Å². The lowest BCUT2D eigenvalue weighted by Gasteiger charge is -2.35. The van der Waals surface area contributed by atoms with Crippen molar-refractivity contribution in [1.29, 1.82) is 0 Å². The van der Waals surface area contributed by atoms with Gasteiger partial charge in [0.05, 0.1) is 0 Å². The molecule has 0 fully saturated rings. The average Bonchev–Trinajstić information content (AvgIpc) is 2.27. The van der Waals surface area contributed by atoms with Gasteiger partial charge >= 0.3 is 0 Å². The zero-order valence-corrected chi connectivity index (χ0v) is 10.6. The van der Waals surface area contributed by atoms with Crippen molar-refractivity contribution in [3.05, 3.63) is 47.5 Å². The molecular weight excluding hydrogens is 194 g/mol. The fourth-order valence-corrected chi connectivity index (χ4v) is 2.41. The molecule has 0 saturated carbocycles. The normalized spacial score (nSPS) is 20.0. The molecule has 0 radical (unpaired) electrons. The molecule has 16 heavy (non-hydrogen) atoms. The summed E-state index contributed by atoms with van der Waals surface area (Å²) in [5.74, 6) is 0.492. The lowest BCUT2D eigenvalue weighted by atomic mass is 9.89. The second-order valence-corrected chi connectivity index (χ2v) is 5.03. The minimum absolute atomic E-state index is 0.492. The van der Waals surface area contributed by atoms with Crippen LogP contribution in [0.3, 0.4) is 0 Å². The largest absolute Gasteiger partial charge is 0.321 e. The first kappa shape index (κ1) is 11.3. The summed E-state index contributed by atoms with van der Waals surface area (Å²) >= 11 is 0. The van der Waals surface area contributed by atoms with Gasteiger partial charge in [0.1, 0.15) is 0 Å². The van der Waals surface area contributed by atoms with Gasteiger partial charge in [-0.25, -0.2) is 0 Å². The Balaban J connectivity index is 2.38. The zero-order valence-electron chi connectivity index (χ0n) is 10.6. The van der Waals surface area contributed by atoms with E-state index in [1.54, 1.807) is 0 Å². The van der Waals surface area contributed by atoms with Gasteiger partial charge in [0.2, 0.25) is 0 Å². The quantitative estimate of drug-likeness (QED) is 0.661. The van der Waals surface area contributed by atoms with E-state index in [2.05, 4.69) is 50.6 Å². The van der Waals surface area contributed by atoms with Crippen LogP contribution in [-0.4, -0.2) is 4.90 Å². The first-order chi connectivity index (χ1) is 7.61. The molecule has 1 nitrogen and oxygen atoms in total. The van der Waals surface area contributed by atoms with Crippen LogP contribution in [0.1, 0.15) is 40.0 Å². The molecule has 0 aromatic rings. The molecule has 0 atom stereocenters. The summed E-state index contributed by atoms with van der Waals surface area (Å²) in [7, 11) is 0. The highest BCUT2D eigenvalue weighted by atomic mass is 15.1. The van der Waals surface area contributed by atoms with E-state index in [0.29, 0.717) is 5.92 Å². The maximum Gasteiger partial charge on any atom is 0.0473 e. The van der Waals surface area contributed by atoms with Crippen LogP contribution in [0.15, 0.2) is 47.5 Å². The van der Waals surface area contributed by atoms with Gasteiger partial charge in [-0.2, -0.15) is 0 Å². The molecule has 0 aromatic carbocycles. The van der Waals surface area contributed by atoms with Gasteiger partial charge in [-0.3, -0.25) is 0 Å². The Bertz CT molecular complexity index is 394. The Hall–Kier alpha value is -1.24. The summed E-state index contributed by atoms with van der Waals surface area (Å²) in [6.45, 7) is 10.9. The minimum atomic E-state index is 0.492. The van der Waals surface area contributed by atoms with Crippen molar-refractivity contribution in [2.45, 2.75) is 40.0 Å². The van der Waals surface area contributed by atoms with E-state index in [9.17, 15) is 0 Å². The third kappa shape index (κ3) is 1.87. The third-order valence-corrected chi connectivity index (χ3v) is 3.46. The highest BCUT2D eigenvalue weighted by Gasteiger charge is 2.23. The van der Waals surface area contributed by atoms with Gasteiger partial charge in [0, 0.05) is 17.6 Å². The van der Waals surface area contributed by atoms with Gasteiger partial charge in [0.25, 0.3) is 0 Å². The molecule has 86 valence electrons. The summed E-state index contributed by atoms with van der Waals surface area (Å²) in [4.78, 5) is 2.29. The standard InChI is InChI=1S/C15H21N/c1-11(2)13(4)16-10-6-9-14-8-5-7-12(3)15(14)16/h6,9-11H,4-5,7-8H2,1-3H3. The molecule has 0 N–H and O–H groups in total. The lowest BCUT2D eigenvalue weighted by Crippen LogP contribution is -2.24. The molecule has 1 heteroatoms. The van der Waals surface area contributed by atoms with E-state index in [0.717, 1.165) is 0 Å². The number of hydrogen-bond acceptors (Lipinski definition) is 1. The Morgan fingerprint density at radius 2 is 2.12 bits per heavy atom. The number of hydrogen-bond donors (Lipinski definition) is 0. The summed E-state index contributed by atoms with van der Waals surface area (Å²) in [6, 6.07) is 0.